The Morgan fingerprint density at radius 2 is 1.72 bits per heavy atom. The number of para-hydroxylation sites is 1. The number of hydrogen-bond acceptors (Lipinski definition) is 4. The van der Waals surface area contributed by atoms with Crippen LogP contribution in [0.1, 0.15) is 27.9 Å². The minimum atomic E-state index is -2.07. The molecule has 134 valence electrons. The maximum absolute atomic E-state index is 12.4. The second kappa shape index (κ2) is 8.35. The highest BCUT2D eigenvalue weighted by Crippen LogP contribution is 2.36. The Morgan fingerprint density at radius 3 is 2.44 bits per heavy atom. The topological polar surface area (TPSA) is 55.4 Å². The molecule has 0 heterocycles. The van der Waals surface area contributed by atoms with Gasteiger partial charge in [-0.05, 0) is 62.9 Å². The molecule has 2 aromatic carbocycles. The predicted octanol–water partition coefficient (Wildman–Crippen LogP) is 5.22. The third-order valence-electron chi connectivity index (χ3n) is 4.10. The van der Waals surface area contributed by atoms with E-state index in [4.69, 9.17) is 4.74 Å². The number of esters is 1. The van der Waals surface area contributed by atoms with E-state index in [0.717, 1.165) is 16.9 Å². The number of nitrogens with one attached hydrogen (secondary N) is 1. The van der Waals surface area contributed by atoms with Crippen molar-refractivity contribution in [3.8, 4) is 0 Å². The first kappa shape index (κ1) is 19.3. The molecule has 0 radical (unpaired) electrons. The molecule has 0 bridgehead atoms. The Labute approximate surface area is 150 Å². The average molecular weight is 359 g/mol. The maximum Gasteiger partial charge on any atom is 0.340 e. The molecular weight excluding hydrogens is 333 g/mol. The number of aryl methyl sites for hydroxylation is 1. The summed E-state index contributed by atoms with van der Waals surface area (Å²) in [5.74, 6) is -0.365. The van der Waals surface area contributed by atoms with Crippen molar-refractivity contribution < 1.29 is 14.1 Å². The molecule has 0 atom stereocenters. The summed E-state index contributed by atoms with van der Waals surface area (Å²) in [5.41, 5.74) is 4.52. The Hall–Kier alpha value is -2.06. The SMILES string of the molecule is Cc1cccc(Nc2ccccc2C(=O)OCCCP(C)(C)=O)c1C. The largest absolute Gasteiger partial charge is 0.462 e. The van der Waals surface area contributed by atoms with Crippen LogP contribution in [0, 0.1) is 13.8 Å². The van der Waals surface area contributed by atoms with E-state index in [0.29, 0.717) is 18.1 Å². The highest BCUT2D eigenvalue weighted by Gasteiger charge is 2.14. The Balaban J connectivity index is 2.08. The first-order valence-corrected chi connectivity index (χ1v) is 11.2. The fraction of sp³-hybridized carbons (Fsp3) is 0.350. The molecule has 0 amide bonds. The van der Waals surface area contributed by atoms with Crippen LogP contribution in [0.25, 0.3) is 0 Å². The zero-order valence-electron chi connectivity index (χ0n) is 15.3. The van der Waals surface area contributed by atoms with Crippen molar-refractivity contribution in [3.05, 3.63) is 59.2 Å². The average Bonchev–Trinajstić information content (AvgIpc) is 2.55. The lowest BCUT2D eigenvalue weighted by atomic mass is 10.1. The molecule has 25 heavy (non-hydrogen) atoms. The molecule has 0 aliphatic carbocycles. The van der Waals surface area contributed by atoms with Gasteiger partial charge in [0.05, 0.1) is 25.0 Å². The molecule has 0 saturated heterocycles. The van der Waals surface area contributed by atoms with Crippen LogP contribution in [0.2, 0.25) is 0 Å². The van der Waals surface area contributed by atoms with Crippen LogP contribution in [0.3, 0.4) is 0 Å². The van der Waals surface area contributed by atoms with Crippen molar-refractivity contribution in [2.45, 2.75) is 20.3 Å². The van der Waals surface area contributed by atoms with E-state index in [1.54, 1.807) is 19.4 Å². The van der Waals surface area contributed by atoms with E-state index < -0.39 is 7.14 Å². The second-order valence-electron chi connectivity index (χ2n) is 6.71. The van der Waals surface area contributed by atoms with Crippen LogP contribution in [0.5, 0.6) is 0 Å². The van der Waals surface area contributed by atoms with Crippen molar-refractivity contribution in [2.24, 2.45) is 0 Å². The number of ether oxygens (including phenoxy) is 1. The van der Waals surface area contributed by atoms with Crippen molar-refractivity contribution in [3.63, 3.8) is 0 Å². The van der Waals surface area contributed by atoms with Gasteiger partial charge in [0.15, 0.2) is 0 Å². The zero-order chi connectivity index (χ0) is 18.4. The van der Waals surface area contributed by atoms with Gasteiger partial charge in [-0.15, -0.1) is 0 Å². The van der Waals surface area contributed by atoms with Gasteiger partial charge in [-0.3, -0.25) is 0 Å². The van der Waals surface area contributed by atoms with Crippen LogP contribution in [-0.2, 0) is 9.30 Å². The van der Waals surface area contributed by atoms with Gasteiger partial charge in [0, 0.05) is 11.8 Å². The first-order chi connectivity index (χ1) is 11.8. The molecule has 0 fully saturated rings. The minimum Gasteiger partial charge on any atom is -0.462 e. The lowest BCUT2D eigenvalue weighted by Gasteiger charge is -2.15. The van der Waals surface area contributed by atoms with Crippen molar-refractivity contribution in [1.29, 1.82) is 0 Å². The zero-order valence-corrected chi connectivity index (χ0v) is 16.2. The Kier molecular flexibility index (Phi) is 6.44. The van der Waals surface area contributed by atoms with E-state index in [-0.39, 0.29) is 12.6 Å². The summed E-state index contributed by atoms with van der Waals surface area (Å²) in [6, 6.07) is 13.3. The quantitative estimate of drug-likeness (QED) is 0.418. The Morgan fingerprint density at radius 1 is 1.04 bits per heavy atom. The number of hydrogen-bond donors (Lipinski definition) is 1. The molecule has 0 saturated carbocycles. The standard InChI is InChI=1S/C20H26NO3P/c1-15-9-7-12-18(16(15)2)21-19-11-6-5-10-17(19)20(22)24-13-8-14-25(3,4)23/h5-7,9-12,21H,8,13-14H2,1-4H3. The molecule has 5 heteroatoms. The van der Waals surface area contributed by atoms with Crippen LogP contribution < -0.4 is 5.32 Å². The van der Waals surface area contributed by atoms with Crippen LogP contribution in [-0.4, -0.2) is 32.1 Å². The lowest BCUT2D eigenvalue weighted by molar-refractivity contribution is 0.0507. The van der Waals surface area contributed by atoms with Crippen LogP contribution in [0.4, 0.5) is 11.4 Å². The maximum atomic E-state index is 12.4. The molecule has 1 N–H and O–H groups in total. The number of anilines is 2. The summed E-state index contributed by atoms with van der Waals surface area (Å²) < 4.78 is 17.1. The summed E-state index contributed by atoms with van der Waals surface area (Å²) in [6.45, 7) is 7.88. The van der Waals surface area contributed by atoms with Gasteiger partial charge in [0.25, 0.3) is 0 Å². The fourth-order valence-corrected chi connectivity index (χ4v) is 3.38. The van der Waals surface area contributed by atoms with E-state index in [2.05, 4.69) is 18.3 Å². The van der Waals surface area contributed by atoms with Crippen molar-refractivity contribution in [1.82, 2.24) is 0 Å². The van der Waals surface area contributed by atoms with Crippen LogP contribution >= 0.6 is 7.14 Å². The molecule has 2 rings (SSSR count). The van der Waals surface area contributed by atoms with E-state index in [1.807, 2.05) is 37.3 Å². The third kappa shape index (κ3) is 5.75. The summed E-state index contributed by atoms with van der Waals surface area (Å²) in [6.07, 6.45) is 1.20. The molecular formula is C20H26NO3P. The third-order valence-corrected chi connectivity index (χ3v) is 5.49. The van der Waals surface area contributed by atoms with Gasteiger partial charge in [0.2, 0.25) is 0 Å². The van der Waals surface area contributed by atoms with E-state index in [9.17, 15) is 9.36 Å². The van der Waals surface area contributed by atoms with Gasteiger partial charge in [-0.1, -0.05) is 24.3 Å². The first-order valence-electron chi connectivity index (χ1n) is 8.41. The minimum absolute atomic E-state index is 0.280. The number of benzene rings is 2. The Bertz CT molecular complexity index is 795. The molecule has 0 aliphatic heterocycles. The fourth-order valence-electron chi connectivity index (χ4n) is 2.49. The second-order valence-corrected chi connectivity index (χ2v) is 10.3. The predicted molar refractivity (Wildman–Crippen MR) is 105 cm³/mol. The number of carbonyl (C=O) groups is 1. The highest BCUT2D eigenvalue weighted by atomic mass is 31.2. The van der Waals surface area contributed by atoms with Crippen LogP contribution in [0.15, 0.2) is 42.5 Å². The van der Waals surface area contributed by atoms with E-state index >= 15 is 0 Å². The number of carbonyl (C=O) groups excluding carboxylic acids is 1. The monoisotopic (exact) mass is 359 g/mol. The highest BCUT2D eigenvalue weighted by molar-refractivity contribution is 7.62. The molecule has 0 unspecified atom stereocenters. The molecule has 4 nitrogen and oxygen atoms in total. The molecule has 0 spiro atoms. The van der Waals surface area contributed by atoms with Gasteiger partial charge < -0.3 is 14.6 Å². The van der Waals surface area contributed by atoms with Crippen molar-refractivity contribution >= 4 is 24.5 Å². The molecule has 0 aromatic heterocycles. The number of rotatable bonds is 7. The summed E-state index contributed by atoms with van der Waals surface area (Å²) in [7, 11) is -2.07. The smallest absolute Gasteiger partial charge is 0.340 e. The van der Waals surface area contributed by atoms with E-state index in [1.165, 1.54) is 5.56 Å². The van der Waals surface area contributed by atoms with Crippen molar-refractivity contribution in [2.75, 3.05) is 31.4 Å². The normalized spacial score (nSPS) is 11.2. The van der Waals surface area contributed by atoms with Gasteiger partial charge in [-0.25, -0.2) is 4.79 Å². The molecule has 2 aromatic rings. The summed E-state index contributed by atoms with van der Waals surface area (Å²) >= 11 is 0. The summed E-state index contributed by atoms with van der Waals surface area (Å²) in [4.78, 5) is 12.4. The van der Waals surface area contributed by atoms with Gasteiger partial charge in [-0.2, -0.15) is 0 Å². The lowest BCUT2D eigenvalue weighted by Crippen LogP contribution is -2.10. The summed E-state index contributed by atoms with van der Waals surface area (Å²) in [5, 5.41) is 3.33. The van der Waals surface area contributed by atoms with Gasteiger partial charge >= 0.3 is 5.97 Å². The molecule has 0 aliphatic rings. The van der Waals surface area contributed by atoms with Gasteiger partial charge in [0.1, 0.15) is 0 Å².